The molecule has 0 saturated carbocycles. The van der Waals surface area contributed by atoms with Crippen LogP contribution in [0, 0.1) is 0 Å². The molecule has 0 radical (unpaired) electrons. The molecule has 9 heteroatoms. The van der Waals surface area contributed by atoms with Crippen LogP contribution in [0.1, 0.15) is 6.92 Å². The van der Waals surface area contributed by atoms with Gasteiger partial charge in [0.05, 0.1) is 23.0 Å². The van der Waals surface area contributed by atoms with Gasteiger partial charge in [0.25, 0.3) is 6.43 Å². The second-order valence-electron chi connectivity index (χ2n) is 5.68. The normalized spacial score (nSPS) is 11.7. The maximum Gasteiger partial charge on any atom is 0.332 e. The highest BCUT2D eigenvalue weighted by atomic mass is 19.3. The van der Waals surface area contributed by atoms with Crippen LogP contribution in [-0.4, -0.2) is 37.1 Å². The Kier molecular flexibility index (Phi) is 3.90. The first-order valence-electron chi connectivity index (χ1n) is 8.04. The van der Waals surface area contributed by atoms with Crippen molar-refractivity contribution >= 4 is 22.2 Å². The number of pyridine rings is 1. The summed E-state index contributed by atoms with van der Waals surface area (Å²) in [5.74, 6) is 0.165. The summed E-state index contributed by atoms with van der Waals surface area (Å²) in [6.07, 6.45) is 0.511. The molecule has 4 rings (SSSR count). The number of benzene rings is 1. The number of hydrogen-bond donors (Lipinski definition) is 1. The molecule has 0 unspecified atom stereocenters. The molecule has 4 aromatic rings. The maximum absolute atomic E-state index is 12.5. The molecule has 0 aliphatic heterocycles. The largest absolute Gasteiger partial charge is 0.485 e. The number of nitrogens with one attached hydrogen (secondary N) is 1. The van der Waals surface area contributed by atoms with Crippen LogP contribution in [-0.2, 0) is 6.54 Å². The molecule has 0 atom stereocenters. The summed E-state index contributed by atoms with van der Waals surface area (Å²) < 4.78 is 33.6. The predicted molar refractivity (Wildman–Crippen MR) is 92.2 cm³/mol. The van der Waals surface area contributed by atoms with Crippen LogP contribution >= 0.6 is 0 Å². The number of imidazole rings is 2. The number of rotatable bonds is 5. The molecule has 0 bridgehead atoms. The maximum atomic E-state index is 12.5. The van der Waals surface area contributed by atoms with E-state index in [1.807, 2.05) is 17.6 Å². The highest BCUT2D eigenvalue weighted by Gasteiger charge is 2.17. The Balaban J connectivity index is 1.93. The lowest BCUT2D eigenvalue weighted by Crippen LogP contribution is -2.15. The molecule has 134 valence electrons. The SMILES string of the molecule is CCn1cnc2ccc(-n3c(=O)[nH]c4nccc(OCC(F)F)c43)cc21. The third-order valence-electron chi connectivity index (χ3n) is 4.11. The Morgan fingerprint density at radius 3 is 2.88 bits per heavy atom. The quantitative estimate of drug-likeness (QED) is 0.594. The van der Waals surface area contributed by atoms with E-state index in [-0.39, 0.29) is 11.4 Å². The average molecular weight is 359 g/mol. The molecule has 0 aliphatic rings. The van der Waals surface area contributed by atoms with Crippen molar-refractivity contribution in [2.24, 2.45) is 0 Å². The van der Waals surface area contributed by atoms with Gasteiger partial charge in [0.15, 0.2) is 5.65 Å². The number of aromatic amines is 1. The zero-order chi connectivity index (χ0) is 18.3. The Morgan fingerprint density at radius 1 is 1.27 bits per heavy atom. The molecule has 0 saturated heterocycles. The van der Waals surface area contributed by atoms with Crippen molar-refractivity contribution in [3.63, 3.8) is 0 Å². The minimum absolute atomic E-state index is 0.165. The van der Waals surface area contributed by atoms with Crippen molar-refractivity contribution in [3.8, 4) is 11.4 Å². The fourth-order valence-corrected chi connectivity index (χ4v) is 2.95. The summed E-state index contributed by atoms with van der Waals surface area (Å²) in [6.45, 7) is 1.96. The number of H-pyrrole nitrogens is 1. The highest BCUT2D eigenvalue weighted by Crippen LogP contribution is 2.26. The van der Waals surface area contributed by atoms with Gasteiger partial charge in [0, 0.05) is 18.8 Å². The smallest absolute Gasteiger partial charge is 0.332 e. The monoisotopic (exact) mass is 359 g/mol. The molecule has 3 aromatic heterocycles. The number of halogens is 2. The van der Waals surface area contributed by atoms with E-state index >= 15 is 0 Å². The Bertz CT molecular complexity index is 1150. The number of ether oxygens (including phenoxy) is 1. The van der Waals surface area contributed by atoms with Crippen LogP contribution < -0.4 is 10.4 Å². The zero-order valence-corrected chi connectivity index (χ0v) is 13.8. The second kappa shape index (κ2) is 6.25. The first-order valence-corrected chi connectivity index (χ1v) is 8.04. The zero-order valence-electron chi connectivity index (χ0n) is 13.8. The van der Waals surface area contributed by atoms with Crippen molar-refractivity contribution in [1.29, 1.82) is 0 Å². The fourth-order valence-electron chi connectivity index (χ4n) is 2.95. The number of aryl methyl sites for hydroxylation is 1. The number of alkyl halides is 2. The fraction of sp³-hybridized carbons (Fsp3) is 0.235. The first-order chi connectivity index (χ1) is 12.6. The van der Waals surface area contributed by atoms with E-state index in [2.05, 4.69) is 15.0 Å². The lowest BCUT2D eigenvalue weighted by molar-refractivity contribution is 0.0825. The number of fused-ring (bicyclic) bond motifs is 2. The average Bonchev–Trinajstić information content (AvgIpc) is 3.19. The molecule has 1 N–H and O–H groups in total. The van der Waals surface area contributed by atoms with E-state index in [9.17, 15) is 13.6 Å². The molecule has 3 heterocycles. The Hall–Kier alpha value is -3.23. The summed E-state index contributed by atoms with van der Waals surface area (Å²) in [5.41, 5.74) is 2.40. The van der Waals surface area contributed by atoms with Crippen LogP contribution in [0.3, 0.4) is 0 Å². The van der Waals surface area contributed by atoms with E-state index in [4.69, 9.17) is 4.74 Å². The van der Waals surface area contributed by atoms with Crippen LogP contribution in [0.4, 0.5) is 8.78 Å². The third-order valence-corrected chi connectivity index (χ3v) is 4.11. The van der Waals surface area contributed by atoms with Crippen molar-refractivity contribution in [3.05, 3.63) is 47.3 Å². The van der Waals surface area contributed by atoms with Crippen molar-refractivity contribution in [1.82, 2.24) is 24.1 Å². The number of aromatic nitrogens is 5. The third kappa shape index (κ3) is 2.61. The van der Waals surface area contributed by atoms with E-state index in [1.165, 1.54) is 16.8 Å². The van der Waals surface area contributed by atoms with Gasteiger partial charge in [-0.15, -0.1) is 0 Å². The Morgan fingerprint density at radius 2 is 2.12 bits per heavy atom. The van der Waals surface area contributed by atoms with Crippen LogP contribution in [0.2, 0.25) is 0 Å². The molecule has 0 spiro atoms. The van der Waals surface area contributed by atoms with Crippen molar-refractivity contribution in [2.75, 3.05) is 6.61 Å². The topological polar surface area (TPSA) is 77.7 Å². The summed E-state index contributed by atoms with van der Waals surface area (Å²) in [5, 5.41) is 0. The van der Waals surface area contributed by atoms with Crippen molar-refractivity contribution < 1.29 is 13.5 Å². The molecule has 1 aromatic carbocycles. The van der Waals surface area contributed by atoms with Gasteiger partial charge >= 0.3 is 5.69 Å². The van der Waals surface area contributed by atoms with Gasteiger partial charge in [-0.2, -0.15) is 0 Å². The van der Waals surface area contributed by atoms with Crippen molar-refractivity contribution in [2.45, 2.75) is 19.9 Å². The lowest BCUT2D eigenvalue weighted by atomic mass is 10.2. The molecule has 0 aliphatic carbocycles. The van der Waals surface area contributed by atoms with Gasteiger partial charge in [-0.1, -0.05) is 0 Å². The summed E-state index contributed by atoms with van der Waals surface area (Å²) in [6, 6.07) is 6.83. The molecular weight excluding hydrogens is 344 g/mol. The Labute approximate surface area is 145 Å². The van der Waals surface area contributed by atoms with Crippen LogP contribution in [0.15, 0.2) is 41.6 Å². The predicted octanol–water partition coefficient (Wildman–Crippen LogP) is 2.73. The molecule has 26 heavy (non-hydrogen) atoms. The minimum Gasteiger partial charge on any atom is -0.485 e. The molecule has 0 fully saturated rings. The van der Waals surface area contributed by atoms with Crippen LogP contribution in [0.5, 0.6) is 5.75 Å². The van der Waals surface area contributed by atoms with E-state index in [1.54, 1.807) is 18.5 Å². The number of nitrogens with zero attached hydrogens (tertiary/aromatic N) is 4. The van der Waals surface area contributed by atoms with Gasteiger partial charge in [0.1, 0.15) is 17.9 Å². The summed E-state index contributed by atoms with van der Waals surface area (Å²) in [4.78, 5) is 23.5. The van der Waals surface area contributed by atoms with Gasteiger partial charge in [-0.3, -0.25) is 9.55 Å². The summed E-state index contributed by atoms with van der Waals surface area (Å²) >= 11 is 0. The van der Waals surface area contributed by atoms with Gasteiger partial charge < -0.3 is 9.30 Å². The lowest BCUT2D eigenvalue weighted by Gasteiger charge is -2.10. The summed E-state index contributed by atoms with van der Waals surface area (Å²) in [7, 11) is 0. The number of hydrogen-bond acceptors (Lipinski definition) is 4. The van der Waals surface area contributed by atoms with Gasteiger partial charge in [-0.05, 0) is 25.1 Å². The molecular formula is C17H15F2N5O2. The van der Waals surface area contributed by atoms with Gasteiger partial charge in [-0.25, -0.2) is 23.5 Å². The van der Waals surface area contributed by atoms with Crippen LogP contribution in [0.25, 0.3) is 27.9 Å². The first kappa shape index (κ1) is 16.2. The standard InChI is InChI=1S/C17H15F2N5O2/c1-2-23-9-21-11-4-3-10(7-12(11)23)24-15-13(26-8-14(18)19)5-6-20-16(15)22-17(24)25/h3-7,9,14H,2,8H2,1H3,(H,20,22,25). The minimum atomic E-state index is -2.62. The van der Waals surface area contributed by atoms with Gasteiger partial charge in [0.2, 0.25) is 0 Å². The second-order valence-corrected chi connectivity index (χ2v) is 5.68. The highest BCUT2D eigenvalue weighted by molar-refractivity contribution is 5.83. The van der Waals surface area contributed by atoms with E-state index in [0.29, 0.717) is 11.2 Å². The molecule has 7 nitrogen and oxygen atoms in total. The molecule has 0 amide bonds. The van der Waals surface area contributed by atoms with E-state index < -0.39 is 18.7 Å². The van der Waals surface area contributed by atoms with E-state index in [0.717, 1.165) is 17.6 Å².